The Bertz CT molecular complexity index is 1260. The fraction of sp³-hybridized carbons (Fsp3) is 0.208. The third kappa shape index (κ3) is 5.43. The number of amides is 1. The SMILES string of the molecule is COc1ccc(OCn2ccc(C(=O)Nc3cccc(Cn4nc(C)c(Br)c4C)c3)n2)cc1. The normalized spacial score (nSPS) is 10.8. The zero-order valence-corrected chi connectivity index (χ0v) is 20.2. The Morgan fingerprint density at radius 2 is 1.82 bits per heavy atom. The van der Waals surface area contributed by atoms with E-state index in [1.165, 1.54) is 0 Å². The molecule has 0 saturated carbocycles. The van der Waals surface area contributed by atoms with Gasteiger partial charge in [0, 0.05) is 11.9 Å². The van der Waals surface area contributed by atoms with Gasteiger partial charge in [-0.1, -0.05) is 12.1 Å². The van der Waals surface area contributed by atoms with Gasteiger partial charge in [0.15, 0.2) is 12.4 Å². The van der Waals surface area contributed by atoms with Gasteiger partial charge in [0.05, 0.1) is 29.5 Å². The van der Waals surface area contributed by atoms with Crippen LogP contribution in [0.2, 0.25) is 0 Å². The van der Waals surface area contributed by atoms with E-state index in [0.29, 0.717) is 23.7 Å². The molecule has 0 unspecified atom stereocenters. The standard InChI is InChI=1S/C24H24BrN5O3/c1-16-23(25)17(2)30(27-16)14-18-5-4-6-19(13-18)26-24(31)22-11-12-29(28-22)15-33-21-9-7-20(32-3)8-10-21/h4-13H,14-15H2,1-3H3,(H,26,31). The lowest BCUT2D eigenvalue weighted by atomic mass is 10.2. The number of nitrogens with zero attached hydrogens (tertiary/aromatic N) is 4. The second-order valence-corrected chi connectivity index (χ2v) is 8.28. The van der Waals surface area contributed by atoms with Crippen molar-refractivity contribution in [2.75, 3.05) is 12.4 Å². The lowest BCUT2D eigenvalue weighted by molar-refractivity contribution is 0.102. The molecule has 4 rings (SSSR count). The van der Waals surface area contributed by atoms with Crippen molar-refractivity contribution in [2.24, 2.45) is 0 Å². The zero-order valence-electron chi connectivity index (χ0n) is 18.6. The van der Waals surface area contributed by atoms with E-state index in [0.717, 1.165) is 27.2 Å². The van der Waals surface area contributed by atoms with Gasteiger partial charge in [-0.2, -0.15) is 10.2 Å². The fourth-order valence-electron chi connectivity index (χ4n) is 3.31. The highest BCUT2D eigenvalue weighted by atomic mass is 79.9. The van der Waals surface area contributed by atoms with Crippen molar-refractivity contribution in [2.45, 2.75) is 27.1 Å². The van der Waals surface area contributed by atoms with Crippen molar-refractivity contribution < 1.29 is 14.3 Å². The quantitative estimate of drug-likeness (QED) is 0.368. The van der Waals surface area contributed by atoms with Gasteiger partial charge >= 0.3 is 0 Å². The Balaban J connectivity index is 1.36. The van der Waals surface area contributed by atoms with Gasteiger partial charge in [0.1, 0.15) is 11.5 Å². The molecule has 0 atom stereocenters. The van der Waals surface area contributed by atoms with Gasteiger partial charge in [0.2, 0.25) is 0 Å². The second kappa shape index (κ2) is 9.91. The Labute approximate surface area is 200 Å². The molecule has 1 N–H and O–H groups in total. The number of anilines is 1. The molecule has 1 amide bonds. The van der Waals surface area contributed by atoms with E-state index >= 15 is 0 Å². The molecule has 0 aliphatic heterocycles. The van der Waals surface area contributed by atoms with Crippen LogP contribution >= 0.6 is 15.9 Å². The number of aromatic nitrogens is 4. The molecule has 2 aromatic carbocycles. The first-order valence-corrected chi connectivity index (χ1v) is 11.1. The maximum atomic E-state index is 12.7. The molecule has 0 aliphatic rings. The number of nitrogens with one attached hydrogen (secondary N) is 1. The molecule has 8 nitrogen and oxygen atoms in total. The summed E-state index contributed by atoms with van der Waals surface area (Å²) in [4.78, 5) is 12.7. The van der Waals surface area contributed by atoms with Crippen LogP contribution < -0.4 is 14.8 Å². The number of methoxy groups -OCH3 is 1. The van der Waals surface area contributed by atoms with Gasteiger partial charge in [-0.25, -0.2) is 4.68 Å². The Morgan fingerprint density at radius 1 is 1.06 bits per heavy atom. The largest absolute Gasteiger partial charge is 0.497 e. The fourth-order valence-corrected chi connectivity index (χ4v) is 3.60. The molecular weight excluding hydrogens is 486 g/mol. The average Bonchev–Trinajstić information content (AvgIpc) is 3.39. The van der Waals surface area contributed by atoms with Crippen LogP contribution in [0.1, 0.15) is 27.4 Å². The number of carbonyl (C=O) groups is 1. The van der Waals surface area contributed by atoms with Gasteiger partial charge in [-0.15, -0.1) is 0 Å². The van der Waals surface area contributed by atoms with E-state index in [1.807, 2.05) is 67.1 Å². The van der Waals surface area contributed by atoms with E-state index in [2.05, 4.69) is 31.4 Å². The third-order valence-electron chi connectivity index (χ3n) is 5.11. The van der Waals surface area contributed by atoms with Crippen LogP contribution in [0.25, 0.3) is 0 Å². The van der Waals surface area contributed by atoms with E-state index in [9.17, 15) is 4.79 Å². The summed E-state index contributed by atoms with van der Waals surface area (Å²) in [5, 5.41) is 11.8. The van der Waals surface area contributed by atoms with Crippen LogP contribution in [0.4, 0.5) is 5.69 Å². The number of ether oxygens (including phenoxy) is 2. The summed E-state index contributed by atoms with van der Waals surface area (Å²) >= 11 is 3.56. The highest BCUT2D eigenvalue weighted by Crippen LogP contribution is 2.21. The van der Waals surface area contributed by atoms with E-state index in [-0.39, 0.29) is 12.6 Å². The predicted molar refractivity (Wildman–Crippen MR) is 129 cm³/mol. The molecule has 170 valence electrons. The molecular formula is C24H24BrN5O3. The van der Waals surface area contributed by atoms with Crippen LogP contribution in [0.5, 0.6) is 11.5 Å². The number of aryl methyl sites for hydroxylation is 1. The van der Waals surface area contributed by atoms with Crippen molar-refractivity contribution in [1.82, 2.24) is 19.6 Å². The van der Waals surface area contributed by atoms with Crippen molar-refractivity contribution >= 4 is 27.5 Å². The lowest BCUT2D eigenvalue weighted by Gasteiger charge is -2.08. The van der Waals surface area contributed by atoms with Gasteiger partial charge in [-0.05, 0) is 77.8 Å². The van der Waals surface area contributed by atoms with Crippen LogP contribution in [-0.2, 0) is 13.3 Å². The number of rotatable bonds is 8. The first kappa shape index (κ1) is 22.6. The molecule has 0 radical (unpaired) electrons. The summed E-state index contributed by atoms with van der Waals surface area (Å²) < 4.78 is 15.3. The predicted octanol–water partition coefficient (Wildman–Crippen LogP) is 4.80. The minimum atomic E-state index is -0.288. The second-order valence-electron chi connectivity index (χ2n) is 7.49. The van der Waals surface area contributed by atoms with Gasteiger partial charge in [-0.3, -0.25) is 9.48 Å². The Kier molecular flexibility index (Phi) is 6.79. The molecule has 33 heavy (non-hydrogen) atoms. The van der Waals surface area contributed by atoms with E-state index < -0.39 is 0 Å². The summed E-state index contributed by atoms with van der Waals surface area (Å²) in [6.07, 6.45) is 1.70. The maximum Gasteiger partial charge on any atom is 0.276 e. The van der Waals surface area contributed by atoms with Gasteiger partial charge in [0.25, 0.3) is 5.91 Å². The van der Waals surface area contributed by atoms with E-state index in [4.69, 9.17) is 9.47 Å². The molecule has 0 bridgehead atoms. The minimum Gasteiger partial charge on any atom is -0.497 e. The number of carbonyl (C=O) groups excluding carboxylic acids is 1. The Morgan fingerprint density at radius 3 is 2.52 bits per heavy atom. The molecule has 2 heterocycles. The van der Waals surface area contributed by atoms with Crippen LogP contribution in [-0.4, -0.2) is 32.6 Å². The summed E-state index contributed by atoms with van der Waals surface area (Å²) in [5.41, 5.74) is 4.04. The summed E-state index contributed by atoms with van der Waals surface area (Å²) in [5.74, 6) is 1.15. The number of hydrogen-bond acceptors (Lipinski definition) is 5. The molecule has 9 heteroatoms. The monoisotopic (exact) mass is 509 g/mol. The molecule has 0 saturated heterocycles. The van der Waals surface area contributed by atoms with Crippen molar-refractivity contribution in [3.8, 4) is 11.5 Å². The summed E-state index contributed by atoms with van der Waals surface area (Å²) in [6, 6.07) is 16.6. The van der Waals surface area contributed by atoms with Crippen LogP contribution in [0.3, 0.4) is 0 Å². The first-order chi connectivity index (χ1) is 15.9. The van der Waals surface area contributed by atoms with Crippen molar-refractivity contribution in [1.29, 1.82) is 0 Å². The minimum absolute atomic E-state index is 0.188. The van der Waals surface area contributed by atoms with Crippen molar-refractivity contribution in [3.63, 3.8) is 0 Å². The topological polar surface area (TPSA) is 83.2 Å². The molecule has 0 fully saturated rings. The molecule has 2 aromatic heterocycles. The molecule has 4 aromatic rings. The number of hydrogen-bond donors (Lipinski definition) is 1. The smallest absolute Gasteiger partial charge is 0.276 e. The summed E-state index contributed by atoms with van der Waals surface area (Å²) in [6.45, 7) is 4.78. The number of benzene rings is 2. The summed E-state index contributed by atoms with van der Waals surface area (Å²) in [7, 11) is 1.61. The number of halogens is 1. The van der Waals surface area contributed by atoms with E-state index in [1.54, 1.807) is 24.1 Å². The first-order valence-electron chi connectivity index (χ1n) is 10.3. The zero-order chi connectivity index (χ0) is 23.4. The lowest BCUT2D eigenvalue weighted by Crippen LogP contribution is -2.14. The van der Waals surface area contributed by atoms with Gasteiger partial charge < -0.3 is 14.8 Å². The van der Waals surface area contributed by atoms with Crippen LogP contribution in [0.15, 0.2) is 65.3 Å². The van der Waals surface area contributed by atoms with Crippen molar-refractivity contribution in [3.05, 3.63) is 87.9 Å². The Hall–Kier alpha value is -3.59. The van der Waals surface area contributed by atoms with Crippen LogP contribution in [0, 0.1) is 13.8 Å². The third-order valence-corrected chi connectivity index (χ3v) is 6.25. The molecule has 0 spiro atoms. The average molecular weight is 510 g/mol. The highest BCUT2D eigenvalue weighted by Gasteiger charge is 2.12. The molecule has 0 aliphatic carbocycles. The maximum absolute atomic E-state index is 12.7. The highest BCUT2D eigenvalue weighted by molar-refractivity contribution is 9.10.